The molecule has 2 aromatic rings. The van der Waals surface area contributed by atoms with E-state index in [1.165, 1.54) is 29.7 Å². The monoisotopic (exact) mass is 448 g/mol. The number of hydrogen-bond donors (Lipinski definition) is 2. The van der Waals surface area contributed by atoms with Gasteiger partial charge in [0.05, 0.1) is 13.2 Å². The van der Waals surface area contributed by atoms with Gasteiger partial charge in [0.25, 0.3) is 0 Å². The first-order valence-electron chi connectivity index (χ1n) is 11.7. The van der Waals surface area contributed by atoms with Crippen molar-refractivity contribution in [3.8, 4) is 0 Å². The first-order chi connectivity index (χ1) is 15.7. The van der Waals surface area contributed by atoms with Crippen molar-refractivity contribution in [2.45, 2.75) is 36.6 Å². The Morgan fingerprint density at radius 3 is 2.06 bits per heavy atom. The van der Waals surface area contributed by atoms with Gasteiger partial charge in [-0.25, -0.2) is 0 Å². The van der Waals surface area contributed by atoms with Crippen molar-refractivity contribution in [1.29, 1.82) is 0 Å². The van der Waals surface area contributed by atoms with Crippen molar-refractivity contribution in [3.05, 3.63) is 71.8 Å². The number of hydrazone groups is 1. The van der Waals surface area contributed by atoms with Crippen LogP contribution < -0.4 is 10.7 Å². The quantitative estimate of drug-likeness (QED) is 0.549. The third kappa shape index (κ3) is 4.07. The Morgan fingerprint density at radius 2 is 1.53 bits per heavy atom. The molecule has 2 bridgehead atoms. The van der Waals surface area contributed by atoms with Gasteiger partial charge in [-0.05, 0) is 48.0 Å². The van der Waals surface area contributed by atoms with Gasteiger partial charge < -0.3 is 10.1 Å². The lowest BCUT2D eigenvalue weighted by atomic mass is 9.52. The van der Waals surface area contributed by atoms with Crippen LogP contribution >= 0.6 is 12.2 Å². The molecule has 2 N–H and O–H groups in total. The molecule has 0 unspecified atom stereocenters. The van der Waals surface area contributed by atoms with Gasteiger partial charge in [-0.3, -0.25) is 10.3 Å². The van der Waals surface area contributed by atoms with Crippen molar-refractivity contribution in [2.24, 2.45) is 11.0 Å². The highest BCUT2D eigenvalue weighted by Gasteiger charge is 2.56. The van der Waals surface area contributed by atoms with E-state index in [9.17, 15) is 0 Å². The molecule has 3 aliphatic carbocycles. The highest BCUT2D eigenvalue weighted by atomic mass is 32.1. The third-order valence-corrected chi connectivity index (χ3v) is 7.92. The summed E-state index contributed by atoms with van der Waals surface area (Å²) in [5, 5.41) is 8.49. The molecule has 0 spiro atoms. The maximum absolute atomic E-state index is 5.73. The normalized spacial score (nSPS) is 31.4. The second kappa shape index (κ2) is 9.30. The number of hydrogen-bond acceptors (Lipinski definition) is 4. The Balaban J connectivity index is 1.61. The average molecular weight is 449 g/mol. The Kier molecular flexibility index (Phi) is 6.26. The van der Waals surface area contributed by atoms with E-state index in [1.807, 2.05) is 7.05 Å². The zero-order valence-corrected chi connectivity index (χ0v) is 19.5. The molecule has 6 heteroatoms. The minimum absolute atomic E-state index is 0.0846. The Morgan fingerprint density at radius 1 is 0.969 bits per heavy atom. The number of nitrogens with one attached hydrogen (secondary N) is 2. The molecule has 4 fully saturated rings. The van der Waals surface area contributed by atoms with E-state index in [1.54, 1.807) is 0 Å². The summed E-state index contributed by atoms with van der Waals surface area (Å²) in [6, 6.07) is 22.1. The number of benzene rings is 2. The Labute approximate surface area is 196 Å². The molecule has 0 amide bonds. The molecule has 5 nitrogen and oxygen atoms in total. The lowest BCUT2D eigenvalue weighted by Crippen LogP contribution is -2.63. The predicted octanol–water partition coefficient (Wildman–Crippen LogP) is 3.89. The van der Waals surface area contributed by atoms with Crippen LogP contribution in [0.25, 0.3) is 0 Å². The molecule has 32 heavy (non-hydrogen) atoms. The van der Waals surface area contributed by atoms with Crippen molar-refractivity contribution in [1.82, 2.24) is 15.6 Å². The predicted molar refractivity (Wildman–Crippen MR) is 133 cm³/mol. The first-order valence-corrected chi connectivity index (χ1v) is 12.1. The molecule has 0 radical (unpaired) electrons. The second-order valence-corrected chi connectivity index (χ2v) is 9.67. The lowest BCUT2D eigenvalue weighted by molar-refractivity contribution is -0.0539. The summed E-state index contributed by atoms with van der Waals surface area (Å²) in [7, 11) is 1.83. The van der Waals surface area contributed by atoms with Crippen molar-refractivity contribution >= 4 is 23.0 Å². The number of rotatable bonds is 4. The van der Waals surface area contributed by atoms with E-state index < -0.39 is 0 Å². The molecule has 168 valence electrons. The molecule has 2 atom stereocenters. The van der Waals surface area contributed by atoms with Crippen LogP contribution in [0.15, 0.2) is 65.8 Å². The SMILES string of the molecule is CNC(=S)N/N=C1\CC2(N3CCOCC3)C[C@@H](c3ccccc3)C1[C@H](c1ccccc1)C2. The summed E-state index contributed by atoms with van der Waals surface area (Å²) in [6.07, 6.45) is 3.32. The molecule has 6 rings (SSSR count). The number of morpholine rings is 1. The second-order valence-electron chi connectivity index (χ2n) is 9.26. The maximum atomic E-state index is 5.73. The third-order valence-electron chi connectivity index (χ3n) is 7.63. The average Bonchev–Trinajstić information content (AvgIpc) is 2.88. The van der Waals surface area contributed by atoms with Gasteiger partial charge in [0.1, 0.15) is 0 Å². The zero-order chi connectivity index (χ0) is 22.0. The van der Waals surface area contributed by atoms with E-state index >= 15 is 0 Å². The minimum Gasteiger partial charge on any atom is -0.379 e. The molecular weight excluding hydrogens is 416 g/mol. The van der Waals surface area contributed by atoms with Gasteiger partial charge in [-0.2, -0.15) is 5.10 Å². The summed E-state index contributed by atoms with van der Waals surface area (Å²) in [5.74, 6) is 1.21. The summed E-state index contributed by atoms with van der Waals surface area (Å²) in [5.41, 5.74) is 7.28. The molecular formula is C26H32N4OS. The van der Waals surface area contributed by atoms with Crippen LogP contribution in [-0.4, -0.2) is 54.6 Å². The number of nitrogens with zero attached hydrogens (tertiary/aromatic N) is 2. The molecule has 2 aromatic carbocycles. The fraction of sp³-hybridized carbons (Fsp3) is 0.462. The molecule has 1 saturated heterocycles. The fourth-order valence-electron chi connectivity index (χ4n) is 6.25. The van der Waals surface area contributed by atoms with Gasteiger partial charge in [-0.1, -0.05) is 60.7 Å². The molecule has 0 aromatic heterocycles. The van der Waals surface area contributed by atoms with Gasteiger partial charge in [-0.15, -0.1) is 0 Å². The molecule has 4 aliphatic rings. The van der Waals surface area contributed by atoms with Crippen LogP contribution in [0.5, 0.6) is 0 Å². The van der Waals surface area contributed by atoms with Crippen molar-refractivity contribution in [3.63, 3.8) is 0 Å². The Bertz CT molecular complexity index is 909. The largest absolute Gasteiger partial charge is 0.379 e. The summed E-state index contributed by atoms with van der Waals surface area (Å²) in [4.78, 5) is 2.70. The summed E-state index contributed by atoms with van der Waals surface area (Å²) in [6.45, 7) is 3.60. The van der Waals surface area contributed by atoms with Crippen LogP contribution in [0.1, 0.15) is 42.2 Å². The minimum atomic E-state index is 0.0846. The highest BCUT2D eigenvalue weighted by molar-refractivity contribution is 7.80. The summed E-state index contributed by atoms with van der Waals surface area (Å²) < 4.78 is 5.73. The standard InChI is InChI=1S/C26H32N4OS/c1-27-25(32)29-28-23-18-26(30-12-14-31-15-13-30)16-21(19-8-4-2-5-9-19)24(23)22(17-26)20-10-6-3-7-11-20/h2-11,21-22,24H,12-18H2,1H3,(H2,27,29,32)/b28-23+/t21-,22-,24?,26?/m0/s1. The van der Waals surface area contributed by atoms with Gasteiger partial charge in [0.2, 0.25) is 0 Å². The van der Waals surface area contributed by atoms with Gasteiger partial charge >= 0.3 is 0 Å². The Hall–Kier alpha value is -2.28. The van der Waals surface area contributed by atoms with E-state index in [4.69, 9.17) is 22.1 Å². The zero-order valence-electron chi connectivity index (χ0n) is 18.7. The summed E-state index contributed by atoms with van der Waals surface area (Å²) >= 11 is 5.35. The molecule has 3 saturated carbocycles. The van der Waals surface area contributed by atoms with Crippen molar-refractivity contribution < 1.29 is 4.74 Å². The molecule has 1 aliphatic heterocycles. The van der Waals surface area contributed by atoms with Crippen LogP contribution in [-0.2, 0) is 4.74 Å². The van der Waals surface area contributed by atoms with Crippen LogP contribution in [0, 0.1) is 5.92 Å². The lowest BCUT2D eigenvalue weighted by Gasteiger charge is -2.60. The number of fused-ring (bicyclic) bond motifs is 3. The van der Waals surface area contributed by atoms with E-state index in [-0.39, 0.29) is 5.54 Å². The maximum Gasteiger partial charge on any atom is 0.186 e. The first kappa shape index (κ1) is 21.6. The smallest absolute Gasteiger partial charge is 0.186 e. The number of ether oxygens (including phenoxy) is 1. The van der Waals surface area contributed by atoms with Crippen molar-refractivity contribution in [2.75, 3.05) is 33.4 Å². The van der Waals surface area contributed by atoms with Crippen LogP contribution in [0.3, 0.4) is 0 Å². The van der Waals surface area contributed by atoms with Crippen LogP contribution in [0.4, 0.5) is 0 Å². The fourth-order valence-corrected chi connectivity index (χ4v) is 6.30. The number of thiocarbonyl (C=S) groups is 1. The molecule has 1 heterocycles. The van der Waals surface area contributed by atoms with Crippen LogP contribution in [0.2, 0.25) is 0 Å². The van der Waals surface area contributed by atoms with E-state index in [0.717, 1.165) is 32.7 Å². The highest BCUT2D eigenvalue weighted by Crippen LogP contribution is 2.58. The van der Waals surface area contributed by atoms with E-state index in [0.29, 0.717) is 22.9 Å². The van der Waals surface area contributed by atoms with Gasteiger partial charge in [0.15, 0.2) is 5.11 Å². The topological polar surface area (TPSA) is 48.9 Å². The van der Waals surface area contributed by atoms with E-state index in [2.05, 4.69) is 76.3 Å². The van der Waals surface area contributed by atoms with Gasteiger partial charge in [0, 0.05) is 43.7 Å².